The van der Waals surface area contributed by atoms with Crippen molar-refractivity contribution in [1.82, 2.24) is 9.97 Å². The minimum Gasteiger partial charge on any atom is -0.340 e. The molecule has 0 spiro atoms. The SMILES string of the molecule is Cc1cc(Nc2ccc(C)c(C)c2)nc(NN)n1. The van der Waals surface area contributed by atoms with Crippen molar-refractivity contribution in [3.05, 3.63) is 41.1 Å². The van der Waals surface area contributed by atoms with E-state index >= 15 is 0 Å². The number of aromatic nitrogens is 2. The first-order valence-electron chi connectivity index (χ1n) is 5.75. The van der Waals surface area contributed by atoms with Crippen LogP contribution in [0.25, 0.3) is 0 Å². The lowest BCUT2D eigenvalue weighted by Gasteiger charge is -2.09. The molecule has 0 aliphatic rings. The van der Waals surface area contributed by atoms with Crippen LogP contribution in [0.5, 0.6) is 0 Å². The highest BCUT2D eigenvalue weighted by atomic mass is 15.3. The van der Waals surface area contributed by atoms with Gasteiger partial charge < -0.3 is 5.32 Å². The predicted molar refractivity (Wildman–Crippen MR) is 73.8 cm³/mol. The fourth-order valence-electron chi connectivity index (χ4n) is 1.66. The molecule has 5 nitrogen and oxygen atoms in total. The van der Waals surface area contributed by atoms with Crippen molar-refractivity contribution in [1.29, 1.82) is 0 Å². The van der Waals surface area contributed by atoms with Crippen LogP contribution in [0.15, 0.2) is 24.3 Å². The number of hydrazine groups is 1. The minimum atomic E-state index is 0.404. The minimum absolute atomic E-state index is 0.404. The van der Waals surface area contributed by atoms with Gasteiger partial charge in [0.25, 0.3) is 0 Å². The molecule has 0 aliphatic carbocycles. The van der Waals surface area contributed by atoms with E-state index in [0.29, 0.717) is 5.95 Å². The van der Waals surface area contributed by atoms with Gasteiger partial charge in [-0.15, -0.1) is 0 Å². The molecule has 0 atom stereocenters. The smallest absolute Gasteiger partial charge is 0.239 e. The summed E-state index contributed by atoms with van der Waals surface area (Å²) in [5.74, 6) is 6.45. The Morgan fingerprint density at radius 2 is 1.78 bits per heavy atom. The molecule has 1 aromatic heterocycles. The average molecular weight is 243 g/mol. The molecule has 4 N–H and O–H groups in total. The summed E-state index contributed by atoms with van der Waals surface area (Å²) in [4.78, 5) is 8.38. The molecular weight excluding hydrogens is 226 g/mol. The number of hydrogen-bond acceptors (Lipinski definition) is 5. The first kappa shape index (κ1) is 12.3. The van der Waals surface area contributed by atoms with Gasteiger partial charge in [-0.05, 0) is 44.0 Å². The van der Waals surface area contributed by atoms with Crippen LogP contribution in [-0.4, -0.2) is 9.97 Å². The van der Waals surface area contributed by atoms with Crippen LogP contribution in [-0.2, 0) is 0 Å². The highest BCUT2D eigenvalue weighted by Gasteiger charge is 2.02. The molecule has 2 aromatic rings. The zero-order chi connectivity index (χ0) is 13.1. The van der Waals surface area contributed by atoms with Gasteiger partial charge in [0.05, 0.1) is 0 Å². The Balaban J connectivity index is 2.27. The summed E-state index contributed by atoms with van der Waals surface area (Å²) >= 11 is 0. The quantitative estimate of drug-likeness (QED) is 0.570. The maximum Gasteiger partial charge on any atom is 0.239 e. The number of nitrogens with two attached hydrogens (primary N) is 1. The van der Waals surface area contributed by atoms with Crippen molar-refractivity contribution in [2.24, 2.45) is 5.84 Å². The Morgan fingerprint density at radius 3 is 2.44 bits per heavy atom. The Kier molecular flexibility index (Phi) is 3.43. The van der Waals surface area contributed by atoms with Gasteiger partial charge in [0.1, 0.15) is 5.82 Å². The Hall–Kier alpha value is -2.14. The number of hydrogen-bond donors (Lipinski definition) is 3. The normalized spacial score (nSPS) is 10.2. The molecule has 2 rings (SSSR count). The largest absolute Gasteiger partial charge is 0.340 e. The molecule has 0 amide bonds. The summed E-state index contributed by atoms with van der Waals surface area (Å²) in [6.45, 7) is 6.07. The van der Waals surface area contributed by atoms with Crippen LogP contribution in [0.2, 0.25) is 0 Å². The van der Waals surface area contributed by atoms with Crippen LogP contribution in [0.4, 0.5) is 17.5 Å². The molecule has 0 bridgehead atoms. The third kappa shape index (κ3) is 2.75. The molecule has 18 heavy (non-hydrogen) atoms. The second-order valence-corrected chi connectivity index (χ2v) is 4.29. The van der Waals surface area contributed by atoms with Crippen LogP contribution in [0, 0.1) is 20.8 Å². The lowest BCUT2D eigenvalue weighted by molar-refractivity contribution is 1.07. The van der Waals surface area contributed by atoms with Crippen molar-refractivity contribution in [3.63, 3.8) is 0 Å². The number of nitrogen functional groups attached to an aromatic ring is 1. The molecule has 0 unspecified atom stereocenters. The molecule has 94 valence electrons. The maximum atomic E-state index is 5.32. The highest BCUT2D eigenvalue weighted by molar-refractivity contribution is 5.59. The summed E-state index contributed by atoms with van der Waals surface area (Å²) in [6, 6.07) is 8.06. The number of aryl methyl sites for hydroxylation is 3. The third-order valence-electron chi connectivity index (χ3n) is 2.76. The average Bonchev–Trinajstić information content (AvgIpc) is 2.33. The Labute approximate surface area is 106 Å². The van der Waals surface area contributed by atoms with Gasteiger partial charge in [-0.2, -0.15) is 4.98 Å². The number of nitrogens with zero attached hydrogens (tertiary/aromatic N) is 2. The van der Waals surface area contributed by atoms with Crippen molar-refractivity contribution in [3.8, 4) is 0 Å². The van der Waals surface area contributed by atoms with Crippen molar-refractivity contribution in [2.45, 2.75) is 20.8 Å². The van der Waals surface area contributed by atoms with E-state index < -0.39 is 0 Å². The van der Waals surface area contributed by atoms with Crippen molar-refractivity contribution >= 4 is 17.5 Å². The van der Waals surface area contributed by atoms with Gasteiger partial charge in [0.2, 0.25) is 5.95 Å². The Bertz CT molecular complexity index is 565. The number of rotatable bonds is 3. The first-order chi connectivity index (χ1) is 8.58. The fraction of sp³-hybridized carbons (Fsp3) is 0.231. The molecule has 5 heteroatoms. The summed E-state index contributed by atoms with van der Waals surface area (Å²) in [7, 11) is 0. The van der Waals surface area contributed by atoms with E-state index in [4.69, 9.17) is 5.84 Å². The van der Waals surface area contributed by atoms with Gasteiger partial charge in [0.15, 0.2) is 0 Å². The van der Waals surface area contributed by atoms with Crippen molar-refractivity contribution < 1.29 is 0 Å². The summed E-state index contributed by atoms with van der Waals surface area (Å²) in [6.07, 6.45) is 0. The highest BCUT2D eigenvalue weighted by Crippen LogP contribution is 2.19. The predicted octanol–water partition coefficient (Wildman–Crippen LogP) is 2.43. The van der Waals surface area contributed by atoms with Gasteiger partial charge in [-0.3, -0.25) is 5.43 Å². The molecule has 0 aliphatic heterocycles. The molecule has 0 radical (unpaired) electrons. The molecule has 1 aromatic carbocycles. The first-order valence-corrected chi connectivity index (χ1v) is 5.75. The molecule has 1 heterocycles. The van der Waals surface area contributed by atoms with Gasteiger partial charge in [-0.25, -0.2) is 10.8 Å². The van der Waals surface area contributed by atoms with Gasteiger partial charge in [0, 0.05) is 17.4 Å². The van der Waals surface area contributed by atoms with E-state index in [9.17, 15) is 0 Å². The van der Waals surface area contributed by atoms with Crippen LogP contribution < -0.4 is 16.6 Å². The van der Waals surface area contributed by atoms with Crippen LogP contribution in [0.1, 0.15) is 16.8 Å². The lowest BCUT2D eigenvalue weighted by atomic mass is 10.1. The molecule has 0 saturated heterocycles. The number of anilines is 3. The van der Waals surface area contributed by atoms with E-state index in [2.05, 4.69) is 46.7 Å². The second-order valence-electron chi connectivity index (χ2n) is 4.29. The van der Waals surface area contributed by atoms with Crippen LogP contribution >= 0.6 is 0 Å². The molecule has 0 fully saturated rings. The van der Waals surface area contributed by atoms with Crippen molar-refractivity contribution in [2.75, 3.05) is 10.7 Å². The topological polar surface area (TPSA) is 75.9 Å². The third-order valence-corrected chi connectivity index (χ3v) is 2.76. The zero-order valence-corrected chi connectivity index (χ0v) is 10.8. The molecular formula is C13H17N5. The van der Waals surface area contributed by atoms with Crippen LogP contribution in [0.3, 0.4) is 0 Å². The maximum absolute atomic E-state index is 5.32. The fourth-order valence-corrected chi connectivity index (χ4v) is 1.66. The van der Waals surface area contributed by atoms with Gasteiger partial charge in [-0.1, -0.05) is 6.07 Å². The lowest BCUT2D eigenvalue weighted by Crippen LogP contribution is -2.11. The standard InChI is InChI=1S/C13H17N5/c1-8-4-5-11(6-9(8)2)16-12-7-10(3)15-13(17-12)18-14/h4-7H,14H2,1-3H3,(H2,15,16,17,18). The number of nitrogens with one attached hydrogen (secondary N) is 2. The van der Waals surface area contributed by atoms with Gasteiger partial charge >= 0.3 is 0 Å². The van der Waals surface area contributed by atoms with E-state index in [1.807, 2.05) is 19.1 Å². The summed E-state index contributed by atoms with van der Waals surface area (Å²) < 4.78 is 0. The zero-order valence-electron chi connectivity index (χ0n) is 10.8. The van der Waals surface area contributed by atoms with E-state index in [0.717, 1.165) is 17.2 Å². The summed E-state index contributed by atoms with van der Waals surface area (Å²) in [5.41, 5.74) is 6.81. The van der Waals surface area contributed by atoms with E-state index in [1.54, 1.807) is 0 Å². The number of benzene rings is 1. The monoisotopic (exact) mass is 243 g/mol. The van der Waals surface area contributed by atoms with E-state index in [-0.39, 0.29) is 0 Å². The Morgan fingerprint density at radius 1 is 1.00 bits per heavy atom. The van der Waals surface area contributed by atoms with E-state index in [1.165, 1.54) is 11.1 Å². The summed E-state index contributed by atoms with van der Waals surface area (Å²) in [5, 5.41) is 3.24. The molecule has 0 saturated carbocycles. The second kappa shape index (κ2) is 5.01.